The summed E-state index contributed by atoms with van der Waals surface area (Å²) in [5, 5.41) is 0.322. The molecule has 5 rings (SSSR count). The first-order chi connectivity index (χ1) is 16.0. The molecule has 3 atom stereocenters. The summed E-state index contributed by atoms with van der Waals surface area (Å²) >= 11 is 5.93. The van der Waals surface area contributed by atoms with Crippen LogP contribution in [0.4, 0.5) is 8.78 Å². The Kier molecular flexibility index (Phi) is 5.92. The maximum Gasteiger partial charge on any atom is 0.336 e. The third kappa shape index (κ3) is 4.01. The Balaban J connectivity index is 1.59. The minimum absolute atomic E-state index is 0.00426. The van der Waals surface area contributed by atoms with Gasteiger partial charge in [0.1, 0.15) is 10.6 Å². The largest absolute Gasteiger partial charge is 0.490 e. The smallest absolute Gasteiger partial charge is 0.336 e. The molecule has 0 saturated heterocycles. The molecule has 2 aromatic rings. The van der Waals surface area contributed by atoms with Crippen molar-refractivity contribution in [3.8, 4) is 5.75 Å². The van der Waals surface area contributed by atoms with Crippen LogP contribution in [0.5, 0.6) is 5.75 Å². The van der Waals surface area contributed by atoms with Crippen molar-refractivity contribution < 1.29 is 34.5 Å². The van der Waals surface area contributed by atoms with Gasteiger partial charge in [0.2, 0.25) is 0 Å². The summed E-state index contributed by atoms with van der Waals surface area (Å²) in [6.45, 7) is -0.240. The molecule has 34 heavy (non-hydrogen) atoms. The molecule has 0 radical (unpaired) electrons. The Morgan fingerprint density at radius 1 is 1.00 bits per heavy atom. The SMILES string of the molecule is O=S(=O)(NC1CC1)O[C@H]1CC[C@]2(S(=O)(=O)c3ccc(Cl)cc3)c3c(F)ccc(F)c3OC[C@@H]2C1. The Labute approximate surface area is 201 Å². The van der Waals surface area contributed by atoms with E-state index in [1.807, 2.05) is 0 Å². The van der Waals surface area contributed by atoms with Gasteiger partial charge in [0.25, 0.3) is 0 Å². The van der Waals surface area contributed by atoms with Crippen LogP contribution in [-0.2, 0) is 29.1 Å². The van der Waals surface area contributed by atoms with Gasteiger partial charge in [-0.3, -0.25) is 4.18 Å². The van der Waals surface area contributed by atoms with Gasteiger partial charge in [0.05, 0.1) is 23.2 Å². The van der Waals surface area contributed by atoms with Gasteiger partial charge < -0.3 is 4.74 Å². The molecule has 2 aromatic carbocycles. The quantitative estimate of drug-likeness (QED) is 0.605. The lowest BCUT2D eigenvalue weighted by Gasteiger charge is -2.48. The van der Waals surface area contributed by atoms with E-state index in [1.54, 1.807) is 0 Å². The van der Waals surface area contributed by atoms with Crippen LogP contribution in [0, 0.1) is 17.6 Å². The molecule has 1 heterocycles. The molecule has 0 aromatic heterocycles. The van der Waals surface area contributed by atoms with E-state index >= 15 is 4.39 Å². The first-order valence-electron chi connectivity index (χ1n) is 10.9. The minimum atomic E-state index is -4.30. The van der Waals surface area contributed by atoms with E-state index < -0.39 is 54.3 Å². The van der Waals surface area contributed by atoms with Crippen molar-refractivity contribution in [3.63, 3.8) is 0 Å². The van der Waals surface area contributed by atoms with E-state index in [-0.39, 0.29) is 42.4 Å². The van der Waals surface area contributed by atoms with Crippen molar-refractivity contribution in [1.82, 2.24) is 4.72 Å². The Morgan fingerprint density at radius 3 is 2.35 bits per heavy atom. The lowest BCUT2D eigenvalue weighted by molar-refractivity contribution is 0.0548. The molecular formula is C22H22ClF2NO6S2. The average molecular weight is 534 g/mol. The van der Waals surface area contributed by atoms with Crippen molar-refractivity contribution >= 4 is 31.7 Å². The van der Waals surface area contributed by atoms with Crippen LogP contribution in [0.15, 0.2) is 41.3 Å². The molecule has 2 saturated carbocycles. The number of nitrogens with one attached hydrogen (secondary N) is 1. The summed E-state index contributed by atoms with van der Waals surface area (Å²) in [5.41, 5.74) is -0.365. The lowest BCUT2D eigenvalue weighted by Crippen LogP contribution is -2.53. The van der Waals surface area contributed by atoms with Crippen molar-refractivity contribution in [2.45, 2.75) is 53.9 Å². The Morgan fingerprint density at radius 2 is 1.68 bits per heavy atom. The molecule has 1 aliphatic heterocycles. The predicted molar refractivity (Wildman–Crippen MR) is 119 cm³/mol. The standard InChI is InChI=1S/C22H22ClF2NO6S2/c23-14-1-5-17(6-2-14)33(27,28)22-10-9-16(32-34(29,30)26-15-3-4-15)11-13(22)12-31-21-19(25)8-7-18(24)20(21)22/h1-2,5-8,13,15-16,26H,3-4,9-12H2/t13-,16-,22+/m0/s1. The first-order valence-corrected chi connectivity index (χ1v) is 14.1. The normalized spacial score (nSPS) is 26.9. The molecule has 0 bridgehead atoms. The third-order valence-electron chi connectivity index (χ3n) is 6.71. The molecule has 0 spiro atoms. The number of rotatable bonds is 6. The van der Waals surface area contributed by atoms with E-state index in [0.29, 0.717) is 5.02 Å². The molecule has 12 heteroatoms. The van der Waals surface area contributed by atoms with Gasteiger partial charge in [-0.1, -0.05) is 11.6 Å². The fourth-order valence-electron chi connectivity index (χ4n) is 5.00. The topological polar surface area (TPSA) is 98.8 Å². The summed E-state index contributed by atoms with van der Waals surface area (Å²) < 4.78 is 94.1. The number of halogens is 3. The minimum Gasteiger partial charge on any atom is -0.490 e. The monoisotopic (exact) mass is 533 g/mol. The second-order valence-electron chi connectivity index (χ2n) is 8.93. The van der Waals surface area contributed by atoms with Gasteiger partial charge >= 0.3 is 10.3 Å². The van der Waals surface area contributed by atoms with Crippen molar-refractivity contribution in [2.24, 2.45) is 5.92 Å². The fraction of sp³-hybridized carbons (Fsp3) is 0.455. The zero-order valence-electron chi connectivity index (χ0n) is 17.8. The Bertz CT molecular complexity index is 1330. The second-order valence-corrected chi connectivity index (χ2v) is 12.9. The van der Waals surface area contributed by atoms with E-state index in [4.69, 9.17) is 20.5 Å². The summed E-state index contributed by atoms with van der Waals surface area (Å²) in [6.07, 6.45) is 0.416. The number of sulfone groups is 1. The van der Waals surface area contributed by atoms with Gasteiger partial charge in [-0.15, -0.1) is 0 Å². The van der Waals surface area contributed by atoms with Crippen LogP contribution >= 0.6 is 11.6 Å². The average Bonchev–Trinajstić information content (AvgIpc) is 3.58. The molecule has 3 aliphatic rings. The van der Waals surface area contributed by atoms with Crippen LogP contribution in [-0.4, -0.2) is 35.6 Å². The van der Waals surface area contributed by atoms with E-state index in [0.717, 1.165) is 25.0 Å². The van der Waals surface area contributed by atoms with Crippen LogP contribution in [0.1, 0.15) is 37.7 Å². The van der Waals surface area contributed by atoms with E-state index in [1.165, 1.54) is 24.3 Å². The molecular weight excluding hydrogens is 512 g/mol. The maximum absolute atomic E-state index is 15.2. The van der Waals surface area contributed by atoms with Crippen molar-refractivity contribution in [3.05, 3.63) is 58.6 Å². The van der Waals surface area contributed by atoms with Gasteiger partial charge in [0, 0.05) is 17.0 Å². The van der Waals surface area contributed by atoms with Gasteiger partial charge in [-0.2, -0.15) is 13.1 Å². The van der Waals surface area contributed by atoms with E-state index in [2.05, 4.69) is 4.72 Å². The zero-order chi connectivity index (χ0) is 24.3. The molecule has 184 valence electrons. The van der Waals surface area contributed by atoms with Crippen LogP contribution in [0.3, 0.4) is 0 Å². The van der Waals surface area contributed by atoms with E-state index in [9.17, 15) is 21.2 Å². The fourth-order valence-corrected chi connectivity index (χ4v) is 8.72. The number of hydrogen-bond acceptors (Lipinski definition) is 6. The highest BCUT2D eigenvalue weighted by atomic mass is 35.5. The summed E-state index contributed by atoms with van der Waals surface area (Å²) in [5.74, 6) is -3.08. The first kappa shape index (κ1) is 23.9. The van der Waals surface area contributed by atoms with Crippen molar-refractivity contribution in [1.29, 1.82) is 0 Å². The van der Waals surface area contributed by atoms with Crippen LogP contribution < -0.4 is 9.46 Å². The summed E-state index contributed by atoms with van der Waals surface area (Å²) in [7, 11) is -8.33. The predicted octanol–water partition coefficient (Wildman–Crippen LogP) is 3.86. The number of ether oxygens (including phenoxy) is 1. The third-order valence-corrected chi connectivity index (χ3v) is 10.7. The molecule has 0 amide bonds. The molecule has 0 unspecified atom stereocenters. The highest BCUT2D eigenvalue weighted by Gasteiger charge is 2.60. The highest BCUT2D eigenvalue weighted by Crippen LogP contribution is 2.57. The number of hydrogen-bond donors (Lipinski definition) is 1. The zero-order valence-corrected chi connectivity index (χ0v) is 20.2. The molecule has 1 N–H and O–H groups in total. The van der Waals surface area contributed by atoms with Gasteiger partial charge in [-0.05, 0) is 68.5 Å². The number of fused-ring (bicyclic) bond motifs is 3. The highest BCUT2D eigenvalue weighted by molar-refractivity contribution is 7.92. The Hall–Kier alpha value is -1.79. The second kappa shape index (κ2) is 8.41. The van der Waals surface area contributed by atoms with Crippen LogP contribution in [0.2, 0.25) is 5.02 Å². The molecule has 7 nitrogen and oxygen atoms in total. The maximum atomic E-state index is 15.2. The lowest BCUT2D eigenvalue weighted by atomic mass is 9.72. The van der Waals surface area contributed by atoms with Crippen LogP contribution in [0.25, 0.3) is 0 Å². The molecule has 2 aliphatic carbocycles. The summed E-state index contributed by atoms with van der Waals surface area (Å²) in [6, 6.07) is 7.08. The summed E-state index contributed by atoms with van der Waals surface area (Å²) in [4.78, 5) is -0.0965. The number of benzene rings is 2. The van der Waals surface area contributed by atoms with Crippen molar-refractivity contribution in [2.75, 3.05) is 6.61 Å². The van der Waals surface area contributed by atoms with Gasteiger partial charge in [-0.25, -0.2) is 17.2 Å². The molecule has 2 fully saturated rings. The van der Waals surface area contributed by atoms with Gasteiger partial charge in [0.15, 0.2) is 21.4 Å².